The topological polar surface area (TPSA) is 72.5 Å². The van der Waals surface area contributed by atoms with Crippen molar-refractivity contribution in [1.82, 2.24) is 4.72 Å². The summed E-state index contributed by atoms with van der Waals surface area (Å²) in [6.07, 6.45) is 0. The zero-order valence-corrected chi connectivity index (χ0v) is 14.7. The number of rotatable bonds is 5. The molecule has 25 heavy (non-hydrogen) atoms. The van der Waals surface area contributed by atoms with Crippen LogP contribution in [0.1, 0.15) is 22.7 Å². The lowest BCUT2D eigenvalue weighted by Crippen LogP contribution is -2.35. The number of hydrogen-bond donors (Lipinski definition) is 1. The van der Waals surface area contributed by atoms with Gasteiger partial charge in [-0.3, -0.25) is 0 Å². The van der Waals surface area contributed by atoms with Crippen LogP contribution in [0.25, 0.3) is 0 Å². The van der Waals surface area contributed by atoms with Gasteiger partial charge in [-0.2, -0.15) is 4.72 Å². The van der Waals surface area contributed by atoms with Crippen molar-refractivity contribution in [3.05, 3.63) is 64.7 Å². The minimum atomic E-state index is -4.17. The summed E-state index contributed by atoms with van der Waals surface area (Å²) in [4.78, 5) is 11.9. The van der Waals surface area contributed by atoms with E-state index in [1.165, 1.54) is 12.1 Å². The number of halogens is 2. The third-order valence-corrected chi connectivity index (χ3v) is 5.19. The van der Waals surface area contributed by atoms with Crippen LogP contribution in [0.3, 0.4) is 0 Å². The van der Waals surface area contributed by atoms with Gasteiger partial charge in [0.05, 0.1) is 12.0 Å². The number of methoxy groups -OCH3 is 1. The fourth-order valence-electron chi connectivity index (χ4n) is 2.20. The number of hydrogen-bond acceptors (Lipinski definition) is 4. The van der Waals surface area contributed by atoms with Gasteiger partial charge in [0.15, 0.2) is 0 Å². The van der Waals surface area contributed by atoms with E-state index in [4.69, 9.17) is 0 Å². The maximum absolute atomic E-state index is 14.0. The van der Waals surface area contributed by atoms with Crippen molar-refractivity contribution in [2.75, 3.05) is 7.11 Å². The molecule has 134 valence electrons. The quantitative estimate of drug-likeness (QED) is 0.823. The number of aryl methyl sites for hydroxylation is 2. The van der Waals surface area contributed by atoms with Gasteiger partial charge < -0.3 is 4.74 Å². The highest BCUT2D eigenvalue weighted by Crippen LogP contribution is 2.23. The Morgan fingerprint density at radius 1 is 1.08 bits per heavy atom. The first kappa shape index (κ1) is 19.0. The predicted molar refractivity (Wildman–Crippen MR) is 87.4 cm³/mol. The Morgan fingerprint density at radius 3 is 2.36 bits per heavy atom. The fraction of sp³-hybridized carbons (Fsp3) is 0.235. The summed E-state index contributed by atoms with van der Waals surface area (Å²) in [6.45, 7) is 3.55. The largest absolute Gasteiger partial charge is 0.468 e. The van der Waals surface area contributed by atoms with Gasteiger partial charge in [0.25, 0.3) is 0 Å². The summed E-state index contributed by atoms with van der Waals surface area (Å²) in [5.74, 6) is -2.80. The predicted octanol–water partition coefficient (Wildman–Crippen LogP) is 2.77. The van der Waals surface area contributed by atoms with E-state index in [0.717, 1.165) is 36.4 Å². The van der Waals surface area contributed by atoms with Gasteiger partial charge in [-0.05, 0) is 55.3 Å². The lowest BCUT2D eigenvalue weighted by molar-refractivity contribution is -0.142. The van der Waals surface area contributed by atoms with Gasteiger partial charge in [0.2, 0.25) is 10.0 Å². The minimum absolute atomic E-state index is 0.0960. The molecule has 0 saturated heterocycles. The number of ether oxygens (including phenoxy) is 1. The molecule has 1 unspecified atom stereocenters. The molecule has 0 fully saturated rings. The molecule has 0 spiro atoms. The van der Waals surface area contributed by atoms with Gasteiger partial charge in [0.1, 0.15) is 17.7 Å². The minimum Gasteiger partial charge on any atom is -0.468 e. The first-order valence-electron chi connectivity index (χ1n) is 7.28. The number of nitrogens with one attached hydrogen (secondary N) is 1. The molecule has 2 aromatic rings. The van der Waals surface area contributed by atoms with Gasteiger partial charge >= 0.3 is 5.97 Å². The van der Waals surface area contributed by atoms with Crippen molar-refractivity contribution in [2.24, 2.45) is 0 Å². The fourth-order valence-corrected chi connectivity index (χ4v) is 3.45. The molecule has 1 N–H and O–H groups in total. The van der Waals surface area contributed by atoms with Crippen LogP contribution in [0.2, 0.25) is 0 Å². The highest BCUT2D eigenvalue weighted by molar-refractivity contribution is 7.89. The summed E-state index contributed by atoms with van der Waals surface area (Å²) in [7, 11) is -3.15. The summed E-state index contributed by atoms with van der Waals surface area (Å²) < 4.78 is 59.2. The molecule has 0 aliphatic rings. The van der Waals surface area contributed by atoms with Crippen LogP contribution >= 0.6 is 0 Å². The summed E-state index contributed by atoms with van der Waals surface area (Å²) in [5, 5.41) is 0. The van der Waals surface area contributed by atoms with Crippen LogP contribution in [-0.2, 0) is 19.6 Å². The van der Waals surface area contributed by atoms with E-state index >= 15 is 0 Å². The molecule has 0 aromatic heterocycles. The van der Waals surface area contributed by atoms with Crippen molar-refractivity contribution in [3.8, 4) is 0 Å². The lowest BCUT2D eigenvalue weighted by atomic mass is 10.1. The molecule has 1 atom stereocenters. The van der Waals surface area contributed by atoms with Crippen LogP contribution in [-0.4, -0.2) is 21.5 Å². The number of benzene rings is 2. The Kier molecular flexibility index (Phi) is 5.54. The summed E-state index contributed by atoms with van der Waals surface area (Å²) in [5.41, 5.74) is 1.16. The van der Waals surface area contributed by atoms with Crippen molar-refractivity contribution < 1.29 is 26.7 Å². The third kappa shape index (κ3) is 4.21. The van der Waals surface area contributed by atoms with Gasteiger partial charge in [-0.1, -0.05) is 6.07 Å². The van der Waals surface area contributed by atoms with Crippen molar-refractivity contribution in [2.45, 2.75) is 24.8 Å². The smallest absolute Gasteiger partial charge is 0.328 e. The van der Waals surface area contributed by atoms with Crippen molar-refractivity contribution in [1.29, 1.82) is 0 Å². The lowest BCUT2D eigenvalue weighted by Gasteiger charge is -2.18. The van der Waals surface area contributed by atoms with Gasteiger partial charge in [0, 0.05) is 5.56 Å². The van der Waals surface area contributed by atoms with Crippen LogP contribution in [0.15, 0.2) is 41.3 Å². The van der Waals surface area contributed by atoms with Crippen LogP contribution in [0.5, 0.6) is 0 Å². The Bertz CT molecular complexity index is 913. The Labute approximate surface area is 144 Å². The average Bonchev–Trinajstić information content (AvgIpc) is 2.56. The van der Waals surface area contributed by atoms with Crippen molar-refractivity contribution >= 4 is 16.0 Å². The molecule has 0 amide bonds. The molecule has 0 radical (unpaired) electrons. The standard InChI is InChI=1S/C17H17F2NO4S/c1-10-4-6-13(8-11(10)2)25(22,23)20-16(17(21)24-3)14-9-12(18)5-7-15(14)19/h4-9,16,20H,1-3H3. The molecule has 0 heterocycles. The average molecular weight is 369 g/mol. The Morgan fingerprint density at radius 2 is 1.76 bits per heavy atom. The normalized spacial score (nSPS) is 12.7. The van der Waals surface area contributed by atoms with E-state index in [1.807, 2.05) is 6.92 Å². The summed E-state index contributed by atoms with van der Waals surface area (Å²) >= 11 is 0. The van der Waals surface area contributed by atoms with Gasteiger partial charge in [-0.25, -0.2) is 22.0 Å². The second kappa shape index (κ2) is 7.28. The Hall–Kier alpha value is -2.32. The molecule has 0 bridgehead atoms. The first-order chi connectivity index (χ1) is 11.7. The molecule has 0 aliphatic heterocycles. The number of carbonyl (C=O) groups excluding carboxylic acids is 1. The molecule has 2 aromatic carbocycles. The van der Waals surface area contributed by atoms with Crippen LogP contribution < -0.4 is 4.72 Å². The van der Waals surface area contributed by atoms with E-state index in [2.05, 4.69) is 9.46 Å². The van der Waals surface area contributed by atoms with Gasteiger partial charge in [-0.15, -0.1) is 0 Å². The molecule has 0 aliphatic carbocycles. The molecule has 5 nitrogen and oxygen atoms in total. The third-order valence-electron chi connectivity index (χ3n) is 3.77. The number of esters is 1. The number of sulfonamides is 1. The van der Waals surface area contributed by atoms with E-state index < -0.39 is 39.2 Å². The van der Waals surface area contributed by atoms with E-state index in [9.17, 15) is 22.0 Å². The molecule has 8 heteroatoms. The highest BCUT2D eigenvalue weighted by Gasteiger charge is 2.30. The first-order valence-corrected chi connectivity index (χ1v) is 8.76. The molecule has 0 saturated carbocycles. The maximum atomic E-state index is 14.0. The van der Waals surface area contributed by atoms with E-state index in [0.29, 0.717) is 0 Å². The number of carbonyl (C=O) groups is 1. The zero-order chi connectivity index (χ0) is 18.8. The van der Waals surface area contributed by atoms with Crippen molar-refractivity contribution in [3.63, 3.8) is 0 Å². The Balaban J connectivity index is 2.47. The SMILES string of the molecule is COC(=O)C(NS(=O)(=O)c1ccc(C)c(C)c1)c1cc(F)ccc1F. The zero-order valence-electron chi connectivity index (χ0n) is 13.8. The monoisotopic (exact) mass is 369 g/mol. The molecular formula is C17H17F2NO4S. The van der Waals surface area contributed by atoms with Crippen LogP contribution in [0, 0.1) is 25.5 Å². The van der Waals surface area contributed by atoms with E-state index in [-0.39, 0.29) is 4.90 Å². The van der Waals surface area contributed by atoms with E-state index in [1.54, 1.807) is 13.0 Å². The molecular weight excluding hydrogens is 352 g/mol. The second-order valence-electron chi connectivity index (χ2n) is 5.49. The highest BCUT2D eigenvalue weighted by atomic mass is 32.2. The summed E-state index contributed by atoms with van der Waals surface area (Å²) in [6, 6.07) is 5.11. The second-order valence-corrected chi connectivity index (χ2v) is 7.20. The maximum Gasteiger partial charge on any atom is 0.328 e. The van der Waals surface area contributed by atoms with Crippen LogP contribution in [0.4, 0.5) is 8.78 Å². The molecule has 2 rings (SSSR count).